The molecule has 0 saturated heterocycles. The molecule has 0 spiro atoms. The summed E-state index contributed by atoms with van der Waals surface area (Å²) >= 11 is 1.67. The predicted octanol–water partition coefficient (Wildman–Crippen LogP) is 3.31. The molecule has 0 unspecified atom stereocenters. The number of hydrogen-bond acceptors (Lipinski definition) is 3. The number of rotatable bonds is 5. The minimum Gasteiger partial charge on any atom is -0.396 e. The molecule has 1 aromatic heterocycles. The van der Waals surface area contributed by atoms with Gasteiger partial charge >= 0.3 is 6.03 Å². The van der Waals surface area contributed by atoms with E-state index >= 15 is 0 Å². The Morgan fingerprint density at radius 3 is 2.81 bits per heavy atom. The van der Waals surface area contributed by atoms with Gasteiger partial charge < -0.3 is 15.7 Å². The summed E-state index contributed by atoms with van der Waals surface area (Å²) in [6.07, 6.45) is 1.97. The van der Waals surface area contributed by atoms with Crippen molar-refractivity contribution in [1.29, 1.82) is 0 Å². The average Bonchev–Trinajstić information content (AvgIpc) is 3.07. The molecule has 2 amide bonds. The van der Waals surface area contributed by atoms with E-state index in [0.717, 1.165) is 24.1 Å². The fraction of sp³-hybridized carbons (Fsp3) is 0.312. The molecule has 110 valence electrons. The number of anilines is 1. The van der Waals surface area contributed by atoms with Crippen molar-refractivity contribution in [3.8, 4) is 10.4 Å². The van der Waals surface area contributed by atoms with Gasteiger partial charge in [-0.3, -0.25) is 0 Å². The third kappa shape index (κ3) is 3.43. The Morgan fingerprint density at radius 1 is 1.29 bits per heavy atom. The Balaban J connectivity index is 1.60. The summed E-state index contributed by atoms with van der Waals surface area (Å²) in [5, 5.41) is 16.9. The number of carbonyl (C=O) groups excluding carboxylic acids is 1. The van der Waals surface area contributed by atoms with Gasteiger partial charge in [0, 0.05) is 22.5 Å². The first kappa shape index (κ1) is 14.1. The molecule has 4 nitrogen and oxygen atoms in total. The molecule has 0 atom stereocenters. The number of carbonyl (C=O) groups is 1. The molecule has 1 aromatic carbocycles. The van der Waals surface area contributed by atoms with Crippen LogP contribution in [0.4, 0.5) is 10.5 Å². The van der Waals surface area contributed by atoms with Gasteiger partial charge in [-0.1, -0.05) is 18.2 Å². The molecule has 1 saturated carbocycles. The molecule has 2 aromatic rings. The average molecular weight is 302 g/mol. The van der Waals surface area contributed by atoms with Crippen LogP contribution in [0.3, 0.4) is 0 Å². The fourth-order valence-electron chi connectivity index (χ4n) is 2.20. The lowest BCUT2D eigenvalue weighted by molar-refractivity contribution is 0.206. The maximum Gasteiger partial charge on any atom is 0.319 e. The second kappa shape index (κ2) is 5.87. The summed E-state index contributed by atoms with van der Waals surface area (Å²) in [6, 6.07) is 11.6. The number of benzene rings is 1. The summed E-state index contributed by atoms with van der Waals surface area (Å²) in [5.74, 6) is 0. The molecule has 1 aliphatic rings. The molecule has 1 aliphatic carbocycles. The van der Waals surface area contributed by atoms with Crippen LogP contribution in [0, 0.1) is 5.41 Å². The van der Waals surface area contributed by atoms with Gasteiger partial charge in [-0.25, -0.2) is 4.79 Å². The van der Waals surface area contributed by atoms with Gasteiger partial charge in [0.25, 0.3) is 0 Å². The Morgan fingerprint density at radius 2 is 2.14 bits per heavy atom. The molecule has 1 heterocycles. The van der Waals surface area contributed by atoms with E-state index in [2.05, 4.69) is 16.7 Å². The summed E-state index contributed by atoms with van der Waals surface area (Å²) in [7, 11) is 0. The van der Waals surface area contributed by atoms with Crippen LogP contribution in [-0.4, -0.2) is 24.3 Å². The van der Waals surface area contributed by atoms with Gasteiger partial charge in [0.05, 0.1) is 6.61 Å². The van der Waals surface area contributed by atoms with Gasteiger partial charge in [0.1, 0.15) is 0 Å². The van der Waals surface area contributed by atoms with Crippen molar-refractivity contribution in [1.82, 2.24) is 5.32 Å². The Kier molecular flexibility index (Phi) is 3.94. The van der Waals surface area contributed by atoms with Crippen LogP contribution >= 0.6 is 11.3 Å². The second-order valence-corrected chi connectivity index (χ2v) is 6.47. The summed E-state index contributed by atoms with van der Waals surface area (Å²) < 4.78 is 0. The van der Waals surface area contributed by atoms with Crippen molar-refractivity contribution in [2.45, 2.75) is 12.8 Å². The number of amides is 2. The van der Waals surface area contributed by atoms with Crippen molar-refractivity contribution in [3.05, 3.63) is 41.8 Å². The van der Waals surface area contributed by atoms with Crippen molar-refractivity contribution in [3.63, 3.8) is 0 Å². The van der Waals surface area contributed by atoms with Crippen molar-refractivity contribution in [2.75, 3.05) is 18.5 Å². The zero-order chi connectivity index (χ0) is 14.7. The van der Waals surface area contributed by atoms with E-state index in [9.17, 15) is 9.90 Å². The predicted molar refractivity (Wildman–Crippen MR) is 85.5 cm³/mol. The minimum atomic E-state index is -0.224. The summed E-state index contributed by atoms with van der Waals surface area (Å²) in [6.45, 7) is 0.668. The molecule has 0 aliphatic heterocycles. The fourth-order valence-corrected chi connectivity index (χ4v) is 2.93. The lowest BCUT2D eigenvalue weighted by Gasteiger charge is -2.13. The minimum absolute atomic E-state index is 0.0733. The first-order valence-corrected chi connectivity index (χ1v) is 7.88. The summed E-state index contributed by atoms with van der Waals surface area (Å²) in [5.41, 5.74) is 1.79. The van der Waals surface area contributed by atoms with Gasteiger partial charge in [-0.15, -0.1) is 11.3 Å². The third-order valence-electron chi connectivity index (χ3n) is 3.84. The molecule has 0 bridgehead atoms. The zero-order valence-corrected chi connectivity index (χ0v) is 12.5. The summed E-state index contributed by atoms with van der Waals surface area (Å²) in [4.78, 5) is 13.1. The third-order valence-corrected chi connectivity index (χ3v) is 4.76. The molecule has 1 fully saturated rings. The first-order valence-electron chi connectivity index (χ1n) is 7.00. The SMILES string of the molecule is O=C(NCC1(CO)CC1)Nc1cccc(-c2cccs2)c1. The van der Waals surface area contributed by atoms with Crippen molar-refractivity contribution < 1.29 is 9.90 Å². The number of nitrogens with one attached hydrogen (secondary N) is 2. The monoisotopic (exact) mass is 302 g/mol. The normalized spacial score (nSPS) is 15.5. The largest absolute Gasteiger partial charge is 0.396 e. The van der Waals surface area contributed by atoms with E-state index < -0.39 is 0 Å². The number of aliphatic hydroxyl groups excluding tert-OH is 1. The van der Waals surface area contributed by atoms with E-state index in [0.29, 0.717) is 6.54 Å². The van der Waals surface area contributed by atoms with Crippen LogP contribution in [0.1, 0.15) is 12.8 Å². The van der Waals surface area contributed by atoms with Crippen molar-refractivity contribution >= 4 is 23.1 Å². The highest BCUT2D eigenvalue weighted by Gasteiger charge is 2.42. The lowest BCUT2D eigenvalue weighted by Crippen LogP contribution is -2.35. The van der Waals surface area contributed by atoms with E-state index in [-0.39, 0.29) is 18.1 Å². The lowest BCUT2D eigenvalue weighted by atomic mass is 10.1. The quantitative estimate of drug-likeness (QED) is 0.793. The molecular formula is C16H18N2O2S. The van der Waals surface area contributed by atoms with Crippen LogP contribution < -0.4 is 10.6 Å². The number of thiophene rings is 1. The molecule has 3 N–H and O–H groups in total. The topological polar surface area (TPSA) is 61.4 Å². The van der Waals surface area contributed by atoms with Crippen molar-refractivity contribution in [2.24, 2.45) is 5.41 Å². The Bertz CT molecular complexity index is 621. The Labute approximate surface area is 127 Å². The van der Waals surface area contributed by atoms with Crippen LogP contribution in [0.15, 0.2) is 41.8 Å². The molecular weight excluding hydrogens is 284 g/mol. The maximum absolute atomic E-state index is 11.9. The van der Waals surface area contributed by atoms with E-state index in [1.807, 2.05) is 35.7 Å². The standard InChI is InChI=1S/C16H18N2O2S/c19-11-16(6-7-16)10-17-15(20)18-13-4-1-3-12(9-13)14-5-2-8-21-14/h1-5,8-9,19H,6-7,10-11H2,(H2,17,18,20). The molecule has 5 heteroatoms. The number of hydrogen-bond donors (Lipinski definition) is 3. The van der Waals surface area contributed by atoms with Gasteiger partial charge in [-0.05, 0) is 42.0 Å². The van der Waals surface area contributed by atoms with Crippen LogP contribution in [0.2, 0.25) is 0 Å². The highest BCUT2D eigenvalue weighted by atomic mass is 32.1. The van der Waals surface area contributed by atoms with Gasteiger partial charge in [0.2, 0.25) is 0 Å². The maximum atomic E-state index is 11.9. The highest BCUT2D eigenvalue weighted by Crippen LogP contribution is 2.44. The number of aliphatic hydroxyl groups is 1. The number of urea groups is 1. The smallest absolute Gasteiger partial charge is 0.319 e. The van der Waals surface area contributed by atoms with Gasteiger partial charge in [0.15, 0.2) is 0 Å². The molecule has 21 heavy (non-hydrogen) atoms. The van der Waals surface area contributed by atoms with E-state index in [1.165, 1.54) is 4.88 Å². The van der Waals surface area contributed by atoms with Gasteiger partial charge in [-0.2, -0.15) is 0 Å². The zero-order valence-electron chi connectivity index (χ0n) is 11.6. The first-order chi connectivity index (χ1) is 10.2. The highest BCUT2D eigenvalue weighted by molar-refractivity contribution is 7.13. The van der Waals surface area contributed by atoms with E-state index in [4.69, 9.17) is 0 Å². The van der Waals surface area contributed by atoms with Crippen LogP contribution in [0.25, 0.3) is 10.4 Å². The molecule has 3 rings (SSSR count). The van der Waals surface area contributed by atoms with Crippen LogP contribution in [-0.2, 0) is 0 Å². The second-order valence-electron chi connectivity index (χ2n) is 5.52. The van der Waals surface area contributed by atoms with E-state index in [1.54, 1.807) is 11.3 Å². The molecule has 0 radical (unpaired) electrons. The van der Waals surface area contributed by atoms with Crippen LogP contribution in [0.5, 0.6) is 0 Å². The Hall–Kier alpha value is -1.85.